The third-order valence-corrected chi connectivity index (χ3v) is 3.14. The summed E-state index contributed by atoms with van der Waals surface area (Å²) in [6.07, 6.45) is 2.32. The molecular formula is C12H17NO2. The largest absolute Gasteiger partial charge is 0.504 e. The molecule has 3 nitrogen and oxygen atoms in total. The number of para-hydroxylation sites is 1. The van der Waals surface area contributed by atoms with E-state index in [-0.39, 0.29) is 11.2 Å². The average Bonchev–Trinajstić information content (AvgIpc) is 2.99. The van der Waals surface area contributed by atoms with Gasteiger partial charge in [-0.1, -0.05) is 12.1 Å². The summed E-state index contributed by atoms with van der Waals surface area (Å²) in [5.74, 6) is 0.864. The van der Waals surface area contributed by atoms with Gasteiger partial charge in [0.1, 0.15) is 0 Å². The monoisotopic (exact) mass is 207 g/mol. The van der Waals surface area contributed by atoms with Crippen LogP contribution in [0.2, 0.25) is 0 Å². The van der Waals surface area contributed by atoms with Crippen molar-refractivity contribution in [1.29, 1.82) is 0 Å². The molecule has 0 aliphatic heterocycles. The summed E-state index contributed by atoms with van der Waals surface area (Å²) >= 11 is 0. The SMILES string of the molecule is CNCC1(c2cccc(O)c2OC)CC1. The van der Waals surface area contributed by atoms with Gasteiger partial charge in [0.2, 0.25) is 0 Å². The smallest absolute Gasteiger partial charge is 0.164 e. The second kappa shape index (κ2) is 3.74. The molecule has 3 heteroatoms. The number of phenols is 1. The lowest BCUT2D eigenvalue weighted by Gasteiger charge is -2.19. The minimum absolute atomic E-state index is 0.179. The Bertz CT molecular complexity index is 359. The van der Waals surface area contributed by atoms with Crippen molar-refractivity contribution < 1.29 is 9.84 Å². The summed E-state index contributed by atoms with van der Waals surface area (Å²) in [4.78, 5) is 0. The number of phenolic OH excluding ortho intramolecular Hbond substituents is 1. The maximum atomic E-state index is 9.71. The highest BCUT2D eigenvalue weighted by molar-refractivity contribution is 5.51. The first-order chi connectivity index (χ1) is 7.23. The fourth-order valence-electron chi connectivity index (χ4n) is 2.19. The van der Waals surface area contributed by atoms with Crippen LogP contribution in [0.3, 0.4) is 0 Å². The molecule has 0 unspecified atom stereocenters. The average molecular weight is 207 g/mol. The maximum absolute atomic E-state index is 9.71. The number of hydrogen-bond acceptors (Lipinski definition) is 3. The third kappa shape index (κ3) is 1.67. The molecular weight excluding hydrogens is 190 g/mol. The Hall–Kier alpha value is -1.22. The molecule has 1 fully saturated rings. The molecule has 1 aliphatic rings. The van der Waals surface area contributed by atoms with Gasteiger partial charge in [-0.15, -0.1) is 0 Å². The summed E-state index contributed by atoms with van der Waals surface area (Å²) in [6, 6.07) is 5.59. The van der Waals surface area contributed by atoms with E-state index in [1.54, 1.807) is 13.2 Å². The second-order valence-electron chi connectivity index (χ2n) is 4.17. The highest BCUT2D eigenvalue weighted by atomic mass is 16.5. The van der Waals surface area contributed by atoms with Crippen molar-refractivity contribution in [2.75, 3.05) is 20.7 Å². The van der Waals surface area contributed by atoms with Crippen LogP contribution in [0.25, 0.3) is 0 Å². The zero-order valence-electron chi connectivity index (χ0n) is 9.21. The topological polar surface area (TPSA) is 41.5 Å². The van der Waals surface area contributed by atoms with Gasteiger partial charge in [0.05, 0.1) is 7.11 Å². The van der Waals surface area contributed by atoms with Crippen LogP contribution in [-0.2, 0) is 5.41 Å². The highest BCUT2D eigenvalue weighted by Crippen LogP contribution is 2.52. The van der Waals surface area contributed by atoms with Gasteiger partial charge in [0.25, 0.3) is 0 Å². The normalized spacial score (nSPS) is 17.5. The van der Waals surface area contributed by atoms with Crippen LogP contribution in [0, 0.1) is 0 Å². The first-order valence-electron chi connectivity index (χ1n) is 5.24. The lowest BCUT2D eigenvalue weighted by molar-refractivity contribution is 0.364. The number of likely N-dealkylation sites (N-methyl/N-ethyl adjacent to an activating group) is 1. The Morgan fingerprint density at radius 2 is 2.20 bits per heavy atom. The lowest BCUT2D eigenvalue weighted by atomic mass is 9.94. The van der Waals surface area contributed by atoms with E-state index in [0.29, 0.717) is 5.75 Å². The molecule has 0 heterocycles. The van der Waals surface area contributed by atoms with Crippen LogP contribution in [0.5, 0.6) is 11.5 Å². The third-order valence-electron chi connectivity index (χ3n) is 3.14. The second-order valence-corrected chi connectivity index (χ2v) is 4.17. The molecule has 1 aromatic carbocycles. The molecule has 2 rings (SSSR count). The molecule has 0 radical (unpaired) electrons. The van der Waals surface area contributed by atoms with E-state index in [9.17, 15) is 5.11 Å². The number of methoxy groups -OCH3 is 1. The van der Waals surface area contributed by atoms with E-state index in [1.165, 1.54) is 0 Å². The molecule has 0 atom stereocenters. The van der Waals surface area contributed by atoms with Crippen LogP contribution in [0.4, 0.5) is 0 Å². The zero-order valence-corrected chi connectivity index (χ0v) is 9.21. The van der Waals surface area contributed by atoms with E-state index < -0.39 is 0 Å². The van der Waals surface area contributed by atoms with Crippen molar-refractivity contribution in [1.82, 2.24) is 5.32 Å². The summed E-state index contributed by atoms with van der Waals surface area (Å²) < 4.78 is 5.27. The molecule has 0 spiro atoms. The predicted molar refractivity (Wildman–Crippen MR) is 59.5 cm³/mol. The van der Waals surface area contributed by atoms with Crippen LogP contribution < -0.4 is 10.1 Å². The van der Waals surface area contributed by atoms with Gasteiger partial charge in [0, 0.05) is 17.5 Å². The van der Waals surface area contributed by atoms with E-state index in [2.05, 4.69) is 5.32 Å². The van der Waals surface area contributed by atoms with Gasteiger partial charge >= 0.3 is 0 Å². The van der Waals surface area contributed by atoms with Gasteiger partial charge in [-0.25, -0.2) is 0 Å². The quantitative estimate of drug-likeness (QED) is 0.788. The Morgan fingerprint density at radius 3 is 2.73 bits per heavy atom. The van der Waals surface area contributed by atoms with Crippen molar-refractivity contribution in [3.05, 3.63) is 23.8 Å². The molecule has 1 saturated carbocycles. The van der Waals surface area contributed by atoms with Crippen molar-refractivity contribution >= 4 is 0 Å². The molecule has 2 N–H and O–H groups in total. The molecule has 15 heavy (non-hydrogen) atoms. The fraction of sp³-hybridized carbons (Fsp3) is 0.500. The number of benzene rings is 1. The fourth-order valence-corrected chi connectivity index (χ4v) is 2.19. The van der Waals surface area contributed by atoms with Gasteiger partial charge in [-0.2, -0.15) is 0 Å². The summed E-state index contributed by atoms with van der Waals surface area (Å²) in [5.41, 5.74) is 1.30. The molecule has 82 valence electrons. The van der Waals surface area contributed by atoms with Crippen molar-refractivity contribution in [3.8, 4) is 11.5 Å². The van der Waals surface area contributed by atoms with Crippen molar-refractivity contribution in [2.24, 2.45) is 0 Å². The highest BCUT2D eigenvalue weighted by Gasteiger charge is 2.45. The van der Waals surface area contributed by atoms with Gasteiger partial charge in [0.15, 0.2) is 11.5 Å². The minimum Gasteiger partial charge on any atom is -0.504 e. The molecule has 1 aliphatic carbocycles. The van der Waals surface area contributed by atoms with Crippen LogP contribution >= 0.6 is 0 Å². The molecule has 1 aromatic rings. The van der Waals surface area contributed by atoms with E-state index in [0.717, 1.165) is 24.9 Å². The molecule has 0 bridgehead atoms. The van der Waals surface area contributed by atoms with Crippen LogP contribution in [0.1, 0.15) is 18.4 Å². The van der Waals surface area contributed by atoms with Gasteiger partial charge in [-0.05, 0) is 26.0 Å². The molecule has 0 amide bonds. The summed E-state index contributed by atoms with van der Waals surface area (Å²) in [7, 11) is 3.56. The Labute approximate surface area is 90.1 Å². The van der Waals surface area contributed by atoms with Gasteiger partial charge < -0.3 is 15.2 Å². The van der Waals surface area contributed by atoms with Crippen LogP contribution in [0.15, 0.2) is 18.2 Å². The van der Waals surface area contributed by atoms with Crippen molar-refractivity contribution in [3.63, 3.8) is 0 Å². The summed E-state index contributed by atoms with van der Waals surface area (Å²) in [5, 5.41) is 12.9. The first kappa shape index (κ1) is 10.3. The van der Waals surface area contributed by atoms with Crippen LogP contribution in [-0.4, -0.2) is 25.8 Å². The predicted octanol–water partition coefficient (Wildman–Crippen LogP) is 1.65. The number of ether oxygens (including phenoxy) is 1. The van der Waals surface area contributed by atoms with E-state index >= 15 is 0 Å². The number of nitrogens with one attached hydrogen (secondary N) is 1. The number of aromatic hydroxyl groups is 1. The maximum Gasteiger partial charge on any atom is 0.164 e. The molecule has 0 aromatic heterocycles. The van der Waals surface area contributed by atoms with Crippen molar-refractivity contribution in [2.45, 2.75) is 18.3 Å². The Balaban J connectivity index is 2.39. The number of rotatable bonds is 4. The minimum atomic E-state index is 0.179. The summed E-state index contributed by atoms with van der Waals surface area (Å²) in [6.45, 7) is 0.937. The van der Waals surface area contributed by atoms with E-state index in [4.69, 9.17) is 4.74 Å². The first-order valence-corrected chi connectivity index (χ1v) is 5.24. The van der Waals surface area contributed by atoms with E-state index in [1.807, 2.05) is 19.2 Å². The van der Waals surface area contributed by atoms with Gasteiger partial charge in [-0.3, -0.25) is 0 Å². The Kier molecular flexibility index (Phi) is 2.57. The number of hydrogen-bond donors (Lipinski definition) is 2. The molecule has 0 saturated heterocycles. The Morgan fingerprint density at radius 1 is 1.47 bits per heavy atom. The lowest BCUT2D eigenvalue weighted by Crippen LogP contribution is -2.24. The zero-order chi connectivity index (χ0) is 10.9. The standard InChI is InChI=1S/C12H17NO2/c1-13-8-12(6-7-12)9-4-3-5-10(14)11(9)15-2/h3-5,13-14H,6-8H2,1-2H3.